The van der Waals surface area contributed by atoms with Gasteiger partial charge in [0.15, 0.2) is 20.3 Å². The predicted molar refractivity (Wildman–Crippen MR) is 47.8 cm³/mol. The minimum atomic E-state index is -5.61. The Labute approximate surface area is 106 Å². The molecular weight excluding hydrogens is 313 g/mol. The molecule has 0 aromatic heterocycles. The van der Waals surface area contributed by atoms with Crippen LogP contribution in [0, 0.1) is 0 Å². The molecule has 11 heteroatoms. The fraction of sp³-hybridized carbons (Fsp3) is 1.00. The van der Waals surface area contributed by atoms with E-state index in [0.29, 0.717) is 0 Å². The van der Waals surface area contributed by atoms with Crippen molar-refractivity contribution >= 4 is 15.2 Å². The topological polar surface area (TPSA) is 144 Å². The maximum Gasteiger partial charge on any atom is 2.00 e. The molecule has 0 aliphatic rings. The molecule has 0 radical (unpaired) electrons. The largest absolute Gasteiger partial charge is 2.00 e. The summed E-state index contributed by atoms with van der Waals surface area (Å²) in [4.78, 5) is 39.9. The van der Waals surface area contributed by atoms with E-state index in [1.165, 1.54) is 19.0 Å². The molecule has 0 aromatic rings. The Hall–Kier alpha value is 0.843. The molecule has 0 spiro atoms. The van der Waals surface area contributed by atoms with Crippen molar-refractivity contribution in [2.75, 3.05) is 20.6 Å². The number of aliphatic hydroxyl groups is 1. The Morgan fingerprint density at radius 3 is 1.69 bits per heavy atom. The van der Waals surface area contributed by atoms with Crippen molar-refractivity contribution in [3.05, 3.63) is 0 Å². The van der Waals surface area contributed by atoms with E-state index in [2.05, 4.69) is 0 Å². The Morgan fingerprint density at radius 1 is 1.19 bits per heavy atom. The minimum absolute atomic E-state index is 0. The third-order valence-corrected chi connectivity index (χ3v) is 5.57. The SMILES string of the molecule is CN(C)CCC(O)(P(=O)([O-])O)P(=O)([O-])O.[Zn+2]. The van der Waals surface area contributed by atoms with Crippen molar-refractivity contribution in [1.82, 2.24) is 4.90 Å². The van der Waals surface area contributed by atoms with Crippen LogP contribution in [0.2, 0.25) is 0 Å². The van der Waals surface area contributed by atoms with Gasteiger partial charge < -0.3 is 38.7 Å². The third-order valence-electron chi connectivity index (χ3n) is 1.80. The van der Waals surface area contributed by atoms with Gasteiger partial charge in [-0.25, -0.2) is 0 Å². The van der Waals surface area contributed by atoms with Gasteiger partial charge in [0, 0.05) is 13.0 Å². The standard InChI is InChI=1S/C5H15NO7P2.Zn/c1-6(2)4-3-5(7,14(8,9)10)15(11,12)13;/h7H,3-4H2,1-2H3,(H2,8,9,10)(H2,11,12,13);/q;+2/p-2. The van der Waals surface area contributed by atoms with Gasteiger partial charge in [0.1, 0.15) is 0 Å². The van der Waals surface area contributed by atoms with Gasteiger partial charge in [-0.3, -0.25) is 0 Å². The molecule has 0 heterocycles. The maximum atomic E-state index is 10.7. The third kappa shape index (κ3) is 4.61. The molecule has 2 unspecified atom stereocenters. The second-order valence-corrected chi connectivity index (χ2v) is 7.28. The van der Waals surface area contributed by atoms with Crippen LogP contribution in [0.5, 0.6) is 0 Å². The quantitative estimate of drug-likeness (QED) is 0.377. The van der Waals surface area contributed by atoms with Crippen LogP contribution < -0.4 is 9.79 Å². The first-order valence-electron chi connectivity index (χ1n) is 3.87. The number of hydrogen-bond donors (Lipinski definition) is 3. The Morgan fingerprint density at radius 2 is 1.50 bits per heavy atom. The summed E-state index contributed by atoms with van der Waals surface area (Å²) in [6.07, 6.45) is -0.839. The first-order valence-corrected chi connectivity index (χ1v) is 7.02. The van der Waals surface area contributed by atoms with E-state index in [4.69, 9.17) is 9.79 Å². The van der Waals surface area contributed by atoms with Gasteiger partial charge in [-0.05, 0) is 14.1 Å². The minimum Gasteiger partial charge on any atom is -0.776 e. The fourth-order valence-electron chi connectivity index (χ4n) is 0.816. The van der Waals surface area contributed by atoms with Crippen molar-refractivity contribution in [2.24, 2.45) is 0 Å². The van der Waals surface area contributed by atoms with Gasteiger partial charge in [-0.2, -0.15) is 0 Å². The Balaban J connectivity index is 0. The van der Waals surface area contributed by atoms with Crippen LogP contribution in [0.3, 0.4) is 0 Å². The van der Waals surface area contributed by atoms with Gasteiger partial charge in [-0.15, -0.1) is 0 Å². The molecule has 2 atom stereocenters. The van der Waals surface area contributed by atoms with E-state index in [-0.39, 0.29) is 26.0 Å². The Kier molecular flexibility index (Phi) is 7.36. The molecule has 0 saturated heterocycles. The fourth-order valence-corrected chi connectivity index (χ4v) is 2.86. The molecule has 0 bridgehead atoms. The van der Waals surface area contributed by atoms with Crippen LogP contribution in [0.25, 0.3) is 0 Å². The van der Waals surface area contributed by atoms with Gasteiger partial charge in [-0.1, -0.05) is 0 Å². The summed E-state index contributed by atoms with van der Waals surface area (Å²) in [5.74, 6) is 0. The van der Waals surface area contributed by atoms with Crippen LogP contribution in [0.1, 0.15) is 6.42 Å². The second kappa shape index (κ2) is 6.14. The maximum absolute atomic E-state index is 10.7. The van der Waals surface area contributed by atoms with E-state index in [1.807, 2.05) is 0 Å². The average molecular weight is 326 g/mol. The van der Waals surface area contributed by atoms with Crippen molar-refractivity contribution < 1.29 is 53.3 Å². The van der Waals surface area contributed by atoms with E-state index < -0.39 is 26.7 Å². The second-order valence-electron chi connectivity index (χ2n) is 3.37. The molecule has 92 valence electrons. The smallest absolute Gasteiger partial charge is 0.776 e. The van der Waals surface area contributed by atoms with Crippen LogP contribution in [0.15, 0.2) is 0 Å². The molecule has 0 amide bonds. The van der Waals surface area contributed by atoms with E-state index in [0.717, 1.165) is 0 Å². The first-order chi connectivity index (χ1) is 6.42. The molecule has 0 saturated carbocycles. The summed E-state index contributed by atoms with van der Waals surface area (Å²) in [5.41, 5.74) is 0. The summed E-state index contributed by atoms with van der Waals surface area (Å²) < 4.78 is 21.4. The molecule has 16 heavy (non-hydrogen) atoms. The van der Waals surface area contributed by atoms with Gasteiger partial charge in [0.05, 0.1) is 0 Å². The van der Waals surface area contributed by atoms with Crippen molar-refractivity contribution in [3.8, 4) is 0 Å². The van der Waals surface area contributed by atoms with Crippen LogP contribution in [-0.4, -0.2) is 45.5 Å². The monoisotopic (exact) mass is 325 g/mol. The summed E-state index contributed by atoms with van der Waals surface area (Å²) in [6, 6.07) is 0. The van der Waals surface area contributed by atoms with Crippen LogP contribution in [-0.2, 0) is 28.6 Å². The molecule has 0 aliphatic heterocycles. The van der Waals surface area contributed by atoms with Crippen LogP contribution in [0.4, 0.5) is 0 Å². The predicted octanol–water partition coefficient (Wildman–Crippen LogP) is -2.33. The summed E-state index contributed by atoms with van der Waals surface area (Å²) in [6.45, 7) is -0.143. The zero-order chi connectivity index (χ0) is 12.5. The molecular formula is C5H13NO7P2Zn. The summed E-state index contributed by atoms with van der Waals surface area (Å²) in [5, 5.41) is 5.73. The van der Waals surface area contributed by atoms with Crippen molar-refractivity contribution in [2.45, 2.75) is 11.5 Å². The zero-order valence-corrected chi connectivity index (χ0v) is 13.7. The van der Waals surface area contributed by atoms with E-state index in [1.54, 1.807) is 0 Å². The van der Waals surface area contributed by atoms with Gasteiger partial charge in [0.25, 0.3) is 0 Å². The van der Waals surface area contributed by atoms with E-state index in [9.17, 15) is 24.0 Å². The molecule has 3 N–H and O–H groups in total. The zero-order valence-electron chi connectivity index (χ0n) is 8.94. The normalized spacial score (nSPS) is 22.8. The van der Waals surface area contributed by atoms with E-state index >= 15 is 0 Å². The molecule has 0 fully saturated rings. The molecule has 8 nitrogen and oxygen atoms in total. The van der Waals surface area contributed by atoms with Gasteiger partial charge >= 0.3 is 19.5 Å². The van der Waals surface area contributed by atoms with Crippen LogP contribution >= 0.6 is 15.2 Å². The summed E-state index contributed by atoms with van der Waals surface area (Å²) >= 11 is 0. The number of hydrogen-bond acceptors (Lipinski definition) is 6. The average Bonchev–Trinajstić information content (AvgIpc) is 1.95. The van der Waals surface area contributed by atoms with Crippen molar-refractivity contribution in [3.63, 3.8) is 0 Å². The summed E-state index contributed by atoms with van der Waals surface area (Å²) in [7, 11) is -8.22. The van der Waals surface area contributed by atoms with Crippen molar-refractivity contribution in [1.29, 1.82) is 0 Å². The first kappa shape index (κ1) is 19.2. The molecule has 0 aromatic carbocycles. The number of nitrogens with zero attached hydrogens (tertiary/aromatic N) is 1. The molecule has 0 rings (SSSR count). The van der Waals surface area contributed by atoms with Gasteiger partial charge in [0.2, 0.25) is 0 Å². The number of rotatable bonds is 5. The molecule has 0 aliphatic carbocycles. The Bertz CT molecular complexity index is 288.